The predicted octanol–water partition coefficient (Wildman–Crippen LogP) is 9.45. The molecule has 37 heavy (non-hydrogen) atoms. The standard InChI is InChI=1S/C36H27N/c1-35(2)24-14-7-5-10-20(24)30-26(35)16-18-28-32(30)22-12-9-13-23-33-29(37(28)34(22)23)19-17-27-31(33)21-11-6-8-15-25(21)36(27,3)4/h5-19H,1-4H3. The highest BCUT2D eigenvalue weighted by Crippen LogP contribution is 2.56. The van der Waals surface area contributed by atoms with Crippen molar-refractivity contribution in [2.45, 2.75) is 38.5 Å². The van der Waals surface area contributed by atoms with Gasteiger partial charge in [0.25, 0.3) is 0 Å². The third-order valence-corrected chi connectivity index (χ3v) is 9.73. The van der Waals surface area contributed by atoms with Gasteiger partial charge in [0.1, 0.15) is 0 Å². The Morgan fingerprint density at radius 3 is 1.41 bits per heavy atom. The molecular weight excluding hydrogens is 446 g/mol. The van der Waals surface area contributed by atoms with Crippen LogP contribution in [0.4, 0.5) is 0 Å². The van der Waals surface area contributed by atoms with E-state index < -0.39 is 0 Å². The Bertz CT molecular complexity index is 1990. The summed E-state index contributed by atoms with van der Waals surface area (Å²) in [6.07, 6.45) is 0. The highest BCUT2D eigenvalue weighted by Gasteiger charge is 2.39. The molecule has 0 atom stereocenters. The van der Waals surface area contributed by atoms with Crippen molar-refractivity contribution in [1.29, 1.82) is 0 Å². The van der Waals surface area contributed by atoms with Gasteiger partial charge in [0, 0.05) is 32.4 Å². The maximum atomic E-state index is 2.55. The third kappa shape index (κ3) is 2.05. The molecule has 2 heterocycles. The number of hydrogen-bond acceptors (Lipinski definition) is 0. The first-order valence-electron chi connectivity index (χ1n) is 13.4. The van der Waals surface area contributed by atoms with Crippen LogP contribution in [-0.4, -0.2) is 4.40 Å². The number of rotatable bonds is 0. The molecule has 7 aromatic rings. The largest absolute Gasteiger partial charge is 0.308 e. The van der Waals surface area contributed by atoms with Crippen molar-refractivity contribution in [2.75, 3.05) is 0 Å². The summed E-state index contributed by atoms with van der Waals surface area (Å²) in [5.74, 6) is 0. The minimum absolute atomic E-state index is 0.00426. The molecule has 2 aliphatic rings. The molecule has 0 saturated heterocycles. The lowest BCUT2D eigenvalue weighted by molar-refractivity contribution is 0.661. The summed E-state index contributed by atoms with van der Waals surface area (Å²) >= 11 is 0. The summed E-state index contributed by atoms with van der Waals surface area (Å²) in [6, 6.07) is 34.5. The van der Waals surface area contributed by atoms with Crippen molar-refractivity contribution in [1.82, 2.24) is 4.40 Å². The molecule has 2 aliphatic carbocycles. The van der Waals surface area contributed by atoms with Crippen LogP contribution in [0.15, 0.2) is 91.0 Å². The molecule has 0 radical (unpaired) electrons. The van der Waals surface area contributed by atoms with Crippen molar-refractivity contribution >= 4 is 38.1 Å². The van der Waals surface area contributed by atoms with Crippen LogP contribution in [0.3, 0.4) is 0 Å². The van der Waals surface area contributed by atoms with Crippen molar-refractivity contribution in [3.63, 3.8) is 0 Å². The van der Waals surface area contributed by atoms with Crippen molar-refractivity contribution in [3.8, 4) is 22.3 Å². The Kier molecular flexibility index (Phi) is 3.28. The van der Waals surface area contributed by atoms with Crippen LogP contribution in [0.25, 0.3) is 60.3 Å². The lowest BCUT2D eigenvalue weighted by Crippen LogP contribution is -2.14. The Labute approximate surface area is 216 Å². The molecule has 176 valence electrons. The SMILES string of the molecule is CC1(C)c2ccccc2-c2c1ccc1c2c2cccc3c4c5c(ccc4n1c23)C(C)(C)c1ccccc1-5. The lowest BCUT2D eigenvalue weighted by Gasteiger charge is -2.21. The van der Waals surface area contributed by atoms with Gasteiger partial charge < -0.3 is 4.40 Å². The second kappa shape index (κ2) is 6.06. The molecule has 0 spiro atoms. The van der Waals surface area contributed by atoms with Gasteiger partial charge in [-0.25, -0.2) is 0 Å². The van der Waals surface area contributed by atoms with Crippen LogP contribution in [0.1, 0.15) is 49.9 Å². The molecule has 2 aromatic heterocycles. The predicted molar refractivity (Wildman–Crippen MR) is 156 cm³/mol. The van der Waals surface area contributed by atoms with Crippen molar-refractivity contribution in [2.24, 2.45) is 0 Å². The van der Waals surface area contributed by atoms with E-state index in [0.29, 0.717) is 0 Å². The molecule has 5 aromatic carbocycles. The van der Waals surface area contributed by atoms with Gasteiger partial charge in [0.2, 0.25) is 0 Å². The summed E-state index contributed by atoms with van der Waals surface area (Å²) in [4.78, 5) is 0. The van der Waals surface area contributed by atoms with Gasteiger partial charge in [0.05, 0.1) is 16.6 Å². The van der Waals surface area contributed by atoms with E-state index in [1.54, 1.807) is 0 Å². The molecule has 0 unspecified atom stereocenters. The molecule has 1 nitrogen and oxygen atoms in total. The van der Waals surface area contributed by atoms with Gasteiger partial charge in [-0.1, -0.05) is 107 Å². The highest BCUT2D eigenvalue weighted by molar-refractivity contribution is 6.29. The minimum Gasteiger partial charge on any atom is -0.308 e. The summed E-state index contributed by atoms with van der Waals surface area (Å²) < 4.78 is 2.55. The second-order valence-corrected chi connectivity index (χ2v) is 12.1. The van der Waals surface area contributed by atoms with Crippen LogP contribution in [0, 0.1) is 0 Å². The van der Waals surface area contributed by atoms with E-state index in [2.05, 4.69) is 123 Å². The maximum absolute atomic E-state index is 2.55. The average Bonchev–Trinajstić information content (AvgIpc) is 3.57. The molecule has 0 saturated carbocycles. The normalized spacial score (nSPS) is 16.5. The van der Waals surface area contributed by atoms with Crippen LogP contribution >= 0.6 is 0 Å². The molecule has 0 fully saturated rings. The number of fused-ring (bicyclic) bond motifs is 14. The Morgan fingerprint density at radius 2 is 0.919 bits per heavy atom. The van der Waals surface area contributed by atoms with Gasteiger partial charge in [-0.2, -0.15) is 0 Å². The van der Waals surface area contributed by atoms with E-state index in [1.807, 2.05) is 0 Å². The Balaban J connectivity index is 1.51. The van der Waals surface area contributed by atoms with Crippen LogP contribution in [0.5, 0.6) is 0 Å². The first-order valence-corrected chi connectivity index (χ1v) is 13.4. The van der Waals surface area contributed by atoms with Gasteiger partial charge >= 0.3 is 0 Å². The van der Waals surface area contributed by atoms with E-state index in [9.17, 15) is 0 Å². The van der Waals surface area contributed by atoms with E-state index in [0.717, 1.165) is 0 Å². The van der Waals surface area contributed by atoms with Crippen LogP contribution in [0.2, 0.25) is 0 Å². The van der Waals surface area contributed by atoms with Gasteiger partial charge in [-0.15, -0.1) is 0 Å². The number of para-hydroxylation sites is 1. The molecule has 0 amide bonds. The lowest BCUT2D eigenvalue weighted by atomic mass is 9.82. The smallest absolute Gasteiger partial charge is 0.0620 e. The van der Waals surface area contributed by atoms with Crippen LogP contribution < -0.4 is 0 Å². The molecule has 0 bridgehead atoms. The van der Waals surface area contributed by atoms with Gasteiger partial charge in [-0.05, 0) is 56.6 Å². The molecule has 1 heteroatoms. The molecule has 0 aliphatic heterocycles. The fourth-order valence-electron chi connectivity index (χ4n) is 8.04. The zero-order chi connectivity index (χ0) is 24.8. The fraction of sp³-hybridized carbons (Fsp3) is 0.167. The number of aromatic nitrogens is 1. The van der Waals surface area contributed by atoms with Crippen molar-refractivity contribution in [3.05, 3.63) is 113 Å². The van der Waals surface area contributed by atoms with E-state index >= 15 is 0 Å². The molecule has 9 rings (SSSR count). The third-order valence-electron chi connectivity index (χ3n) is 9.73. The molecule has 0 N–H and O–H groups in total. The number of benzene rings is 5. The number of nitrogens with zero attached hydrogens (tertiary/aromatic N) is 1. The van der Waals surface area contributed by atoms with E-state index in [4.69, 9.17) is 0 Å². The maximum Gasteiger partial charge on any atom is 0.0620 e. The first kappa shape index (κ1) is 20.0. The van der Waals surface area contributed by atoms with Gasteiger partial charge in [-0.3, -0.25) is 0 Å². The quantitative estimate of drug-likeness (QED) is 0.207. The Morgan fingerprint density at radius 1 is 0.459 bits per heavy atom. The fourth-order valence-corrected chi connectivity index (χ4v) is 8.04. The highest BCUT2D eigenvalue weighted by atomic mass is 14.9. The summed E-state index contributed by atoms with van der Waals surface area (Å²) in [5, 5.41) is 5.54. The zero-order valence-corrected chi connectivity index (χ0v) is 21.6. The zero-order valence-electron chi connectivity index (χ0n) is 21.6. The minimum atomic E-state index is 0.00426. The van der Waals surface area contributed by atoms with Crippen LogP contribution in [-0.2, 0) is 10.8 Å². The van der Waals surface area contributed by atoms with Crippen molar-refractivity contribution < 1.29 is 0 Å². The van der Waals surface area contributed by atoms with E-state index in [1.165, 1.54) is 82.6 Å². The summed E-state index contributed by atoms with van der Waals surface area (Å²) in [6.45, 7) is 9.49. The summed E-state index contributed by atoms with van der Waals surface area (Å²) in [7, 11) is 0. The molecular formula is C36H27N. The van der Waals surface area contributed by atoms with E-state index in [-0.39, 0.29) is 10.8 Å². The monoisotopic (exact) mass is 473 g/mol. The number of hydrogen-bond donors (Lipinski definition) is 0. The summed E-state index contributed by atoms with van der Waals surface area (Å²) in [5.41, 5.74) is 15.4. The average molecular weight is 474 g/mol. The second-order valence-electron chi connectivity index (χ2n) is 12.1. The Hall–Kier alpha value is -4.10. The topological polar surface area (TPSA) is 4.41 Å². The first-order chi connectivity index (χ1) is 17.9. The van der Waals surface area contributed by atoms with Gasteiger partial charge in [0.15, 0.2) is 0 Å².